The van der Waals surface area contributed by atoms with Crippen LogP contribution >= 0.6 is 22.9 Å². The van der Waals surface area contributed by atoms with Crippen molar-refractivity contribution < 1.29 is 0 Å². The molecular formula is C17H21ClN2S. The number of fused-ring (bicyclic) bond motifs is 1. The molecule has 0 fully saturated rings. The average Bonchev–Trinajstić information content (AvgIpc) is 2.97. The van der Waals surface area contributed by atoms with Crippen molar-refractivity contribution in [2.45, 2.75) is 45.0 Å². The van der Waals surface area contributed by atoms with E-state index in [2.05, 4.69) is 42.3 Å². The summed E-state index contributed by atoms with van der Waals surface area (Å²) in [7, 11) is 0. The van der Waals surface area contributed by atoms with Crippen LogP contribution in [0.4, 0.5) is 5.82 Å². The molecule has 0 saturated heterocycles. The smallest absolute Gasteiger partial charge is 0.129 e. The monoisotopic (exact) mass is 320 g/mol. The molecule has 1 aliphatic heterocycles. The summed E-state index contributed by atoms with van der Waals surface area (Å²) in [6.07, 6.45) is 3.25. The van der Waals surface area contributed by atoms with E-state index in [1.165, 1.54) is 16.0 Å². The van der Waals surface area contributed by atoms with E-state index in [-0.39, 0.29) is 0 Å². The van der Waals surface area contributed by atoms with Gasteiger partial charge in [0.25, 0.3) is 0 Å². The lowest BCUT2D eigenvalue weighted by atomic mass is 10.0. The van der Waals surface area contributed by atoms with Gasteiger partial charge in [0.15, 0.2) is 0 Å². The second-order valence-corrected chi connectivity index (χ2v) is 6.89. The molecule has 4 heteroatoms. The molecule has 1 unspecified atom stereocenters. The zero-order valence-corrected chi connectivity index (χ0v) is 14.2. The standard InChI is InChI=1S/C17H21ClN2S/c1-3-4-14-9-13(11-18)10-17(19-14)20-7-5-16-15(12(20)2)6-8-21-16/h6,8-10,12H,3-5,7,11H2,1-2H3. The molecule has 2 nitrogen and oxygen atoms in total. The first-order chi connectivity index (χ1) is 10.2. The number of hydrogen-bond acceptors (Lipinski definition) is 3. The lowest BCUT2D eigenvalue weighted by Crippen LogP contribution is -2.34. The fourth-order valence-corrected chi connectivity index (χ4v) is 4.18. The quantitative estimate of drug-likeness (QED) is 0.740. The van der Waals surface area contributed by atoms with Crippen LogP contribution in [-0.2, 0) is 18.7 Å². The van der Waals surface area contributed by atoms with Gasteiger partial charge in [-0.1, -0.05) is 13.3 Å². The third kappa shape index (κ3) is 2.95. The van der Waals surface area contributed by atoms with Gasteiger partial charge in [0, 0.05) is 23.0 Å². The number of hydrogen-bond donors (Lipinski definition) is 0. The molecule has 0 saturated carbocycles. The molecule has 0 N–H and O–H groups in total. The Labute approximate surface area is 135 Å². The Balaban J connectivity index is 1.95. The highest BCUT2D eigenvalue weighted by Crippen LogP contribution is 2.35. The van der Waals surface area contributed by atoms with E-state index in [1.54, 1.807) is 0 Å². The van der Waals surface area contributed by atoms with E-state index in [0.717, 1.165) is 37.3 Å². The van der Waals surface area contributed by atoms with Gasteiger partial charge in [0.2, 0.25) is 0 Å². The molecule has 0 radical (unpaired) electrons. The lowest BCUT2D eigenvalue weighted by molar-refractivity contribution is 0.622. The summed E-state index contributed by atoms with van der Waals surface area (Å²) in [4.78, 5) is 8.82. The minimum absolute atomic E-state index is 0.396. The van der Waals surface area contributed by atoms with E-state index in [1.807, 2.05) is 11.3 Å². The van der Waals surface area contributed by atoms with Crippen molar-refractivity contribution in [1.29, 1.82) is 0 Å². The molecule has 3 heterocycles. The van der Waals surface area contributed by atoms with Gasteiger partial charge < -0.3 is 4.90 Å². The maximum Gasteiger partial charge on any atom is 0.129 e. The highest BCUT2D eigenvalue weighted by molar-refractivity contribution is 7.10. The fourth-order valence-electron chi connectivity index (χ4n) is 3.06. The van der Waals surface area contributed by atoms with Crippen molar-refractivity contribution in [3.05, 3.63) is 45.3 Å². The van der Waals surface area contributed by atoms with Crippen LogP contribution in [-0.4, -0.2) is 11.5 Å². The molecule has 1 aliphatic rings. The van der Waals surface area contributed by atoms with Crippen molar-refractivity contribution in [2.75, 3.05) is 11.4 Å². The molecule has 0 aromatic carbocycles. The van der Waals surface area contributed by atoms with Gasteiger partial charge >= 0.3 is 0 Å². The zero-order chi connectivity index (χ0) is 14.8. The summed E-state index contributed by atoms with van der Waals surface area (Å²) in [6, 6.07) is 6.95. The molecule has 0 spiro atoms. The molecule has 1 atom stereocenters. The van der Waals surface area contributed by atoms with Gasteiger partial charge in [0.1, 0.15) is 5.82 Å². The van der Waals surface area contributed by atoms with Crippen molar-refractivity contribution in [1.82, 2.24) is 4.98 Å². The number of aryl methyl sites for hydroxylation is 1. The molecule has 2 aromatic rings. The number of rotatable bonds is 4. The SMILES string of the molecule is CCCc1cc(CCl)cc(N2CCc3sccc3C2C)n1. The highest BCUT2D eigenvalue weighted by Gasteiger charge is 2.26. The van der Waals surface area contributed by atoms with Crippen LogP contribution in [0, 0.1) is 0 Å². The summed E-state index contributed by atoms with van der Waals surface area (Å²) in [5.74, 6) is 1.64. The molecule has 112 valence electrons. The molecular weight excluding hydrogens is 300 g/mol. The minimum Gasteiger partial charge on any atom is -0.349 e. The van der Waals surface area contributed by atoms with Crippen LogP contribution < -0.4 is 4.90 Å². The van der Waals surface area contributed by atoms with E-state index in [0.29, 0.717) is 11.9 Å². The molecule has 2 aromatic heterocycles. The summed E-state index contributed by atoms with van der Waals surface area (Å²) in [6.45, 7) is 5.51. The van der Waals surface area contributed by atoms with Crippen LogP contribution in [0.2, 0.25) is 0 Å². The number of nitrogens with zero attached hydrogens (tertiary/aromatic N) is 2. The normalized spacial score (nSPS) is 17.9. The average molecular weight is 321 g/mol. The van der Waals surface area contributed by atoms with Crippen LogP contribution in [0.15, 0.2) is 23.6 Å². The number of aromatic nitrogens is 1. The largest absolute Gasteiger partial charge is 0.349 e. The van der Waals surface area contributed by atoms with Gasteiger partial charge in [-0.15, -0.1) is 22.9 Å². The fraction of sp³-hybridized carbons (Fsp3) is 0.471. The van der Waals surface area contributed by atoms with Crippen molar-refractivity contribution in [2.24, 2.45) is 0 Å². The summed E-state index contributed by atoms with van der Waals surface area (Å²) >= 11 is 7.94. The van der Waals surface area contributed by atoms with Gasteiger partial charge in [-0.2, -0.15) is 0 Å². The first-order valence-corrected chi connectivity index (χ1v) is 9.03. The van der Waals surface area contributed by atoms with Gasteiger partial charge in [-0.25, -0.2) is 4.98 Å². The van der Waals surface area contributed by atoms with Crippen molar-refractivity contribution in [3.63, 3.8) is 0 Å². The van der Waals surface area contributed by atoms with E-state index < -0.39 is 0 Å². The summed E-state index contributed by atoms with van der Waals surface area (Å²) < 4.78 is 0. The second kappa shape index (κ2) is 6.37. The second-order valence-electron chi connectivity index (χ2n) is 5.63. The Bertz CT molecular complexity index is 623. The van der Waals surface area contributed by atoms with E-state index in [4.69, 9.17) is 16.6 Å². The Hall–Kier alpha value is -1.06. The number of pyridine rings is 1. The van der Waals surface area contributed by atoms with Crippen molar-refractivity contribution in [3.8, 4) is 0 Å². The number of alkyl halides is 1. The Kier molecular flexibility index (Phi) is 4.51. The predicted octanol–water partition coefficient (Wildman–Crippen LogP) is 4.96. The number of anilines is 1. The summed E-state index contributed by atoms with van der Waals surface area (Å²) in [5.41, 5.74) is 3.80. The third-order valence-corrected chi connectivity index (χ3v) is 5.46. The summed E-state index contributed by atoms with van der Waals surface area (Å²) in [5, 5.41) is 2.20. The maximum atomic E-state index is 6.07. The zero-order valence-electron chi connectivity index (χ0n) is 12.6. The van der Waals surface area contributed by atoms with Crippen LogP contribution in [0.25, 0.3) is 0 Å². The Morgan fingerprint density at radius 1 is 1.43 bits per heavy atom. The van der Waals surface area contributed by atoms with Crippen LogP contribution in [0.1, 0.15) is 48.0 Å². The third-order valence-electron chi connectivity index (χ3n) is 4.16. The molecule has 0 aliphatic carbocycles. The maximum absolute atomic E-state index is 6.07. The lowest BCUT2D eigenvalue weighted by Gasteiger charge is -2.35. The van der Waals surface area contributed by atoms with Gasteiger partial charge in [-0.05, 0) is 54.5 Å². The minimum atomic E-state index is 0.396. The Morgan fingerprint density at radius 2 is 2.29 bits per heavy atom. The van der Waals surface area contributed by atoms with Gasteiger partial charge in [-0.3, -0.25) is 0 Å². The first kappa shape index (κ1) is 14.9. The predicted molar refractivity (Wildman–Crippen MR) is 91.6 cm³/mol. The number of halogens is 1. The number of thiophene rings is 1. The molecule has 0 bridgehead atoms. The Morgan fingerprint density at radius 3 is 3.05 bits per heavy atom. The molecule has 3 rings (SSSR count). The topological polar surface area (TPSA) is 16.1 Å². The molecule has 0 amide bonds. The first-order valence-electron chi connectivity index (χ1n) is 7.61. The van der Waals surface area contributed by atoms with Crippen LogP contribution in [0.5, 0.6) is 0 Å². The van der Waals surface area contributed by atoms with Crippen molar-refractivity contribution >= 4 is 28.8 Å². The highest BCUT2D eigenvalue weighted by atomic mass is 35.5. The molecule has 21 heavy (non-hydrogen) atoms. The van der Waals surface area contributed by atoms with Crippen LogP contribution in [0.3, 0.4) is 0 Å². The van der Waals surface area contributed by atoms with E-state index >= 15 is 0 Å². The van der Waals surface area contributed by atoms with E-state index in [9.17, 15) is 0 Å². The van der Waals surface area contributed by atoms with Gasteiger partial charge in [0.05, 0.1) is 6.04 Å².